The van der Waals surface area contributed by atoms with E-state index in [0.717, 1.165) is 11.1 Å². The quantitative estimate of drug-likeness (QED) is 0.939. The van der Waals surface area contributed by atoms with E-state index < -0.39 is 6.10 Å². The summed E-state index contributed by atoms with van der Waals surface area (Å²) in [6, 6.07) is 11.6. The van der Waals surface area contributed by atoms with Crippen LogP contribution in [0.2, 0.25) is 0 Å². The zero-order valence-electron chi connectivity index (χ0n) is 13.4. The average molecular weight is 316 g/mol. The van der Waals surface area contributed by atoms with E-state index in [-0.39, 0.29) is 12.5 Å². The standard InChI is InChI=1S/C18H20O5/c1-20-14-9-13-16(18(22-3)17(14)21-2)15(12(19)10-23-13)11-7-5-4-6-8-11/h4-9,12,15,19H,10H2,1-3H3/t12-,15+/m1/s1. The fourth-order valence-electron chi connectivity index (χ4n) is 3.08. The Balaban J connectivity index is 2.25. The van der Waals surface area contributed by atoms with Crippen molar-refractivity contribution in [1.29, 1.82) is 0 Å². The van der Waals surface area contributed by atoms with Crippen LogP contribution in [0, 0.1) is 0 Å². The molecule has 0 fully saturated rings. The monoisotopic (exact) mass is 316 g/mol. The van der Waals surface area contributed by atoms with E-state index in [1.165, 1.54) is 0 Å². The number of benzene rings is 2. The summed E-state index contributed by atoms with van der Waals surface area (Å²) in [4.78, 5) is 0. The van der Waals surface area contributed by atoms with Crippen LogP contribution in [0.25, 0.3) is 0 Å². The van der Waals surface area contributed by atoms with Crippen molar-refractivity contribution in [2.24, 2.45) is 0 Å². The number of methoxy groups -OCH3 is 3. The van der Waals surface area contributed by atoms with Gasteiger partial charge in [-0.1, -0.05) is 30.3 Å². The van der Waals surface area contributed by atoms with Gasteiger partial charge < -0.3 is 24.1 Å². The van der Waals surface area contributed by atoms with Crippen molar-refractivity contribution in [3.8, 4) is 23.0 Å². The molecule has 0 radical (unpaired) electrons. The molecule has 1 aliphatic rings. The van der Waals surface area contributed by atoms with Crippen LogP contribution in [0.4, 0.5) is 0 Å². The van der Waals surface area contributed by atoms with Crippen LogP contribution in [0.5, 0.6) is 23.0 Å². The topological polar surface area (TPSA) is 57.2 Å². The van der Waals surface area contributed by atoms with E-state index in [1.54, 1.807) is 27.4 Å². The molecule has 0 aliphatic carbocycles. The lowest BCUT2D eigenvalue weighted by atomic mass is 9.84. The Morgan fingerprint density at radius 3 is 2.30 bits per heavy atom. The van der Waals surface area contributed by atoms with E-state index in [2.05, 4.69) is 0 Å². The summed E-state index contributed by atoms with van der Waals surface area (Å²) in [7, 11) is 4.70. The smallest absolute Gasteiger partial charge is 0.203 e. The molecule has 3 rings (SSSR count). The van der Waals surface area contributed by atoms with Crippen LogP contribution in [0.3, 0.4) is 0 Å². The lowest BCUT2D eigenvalue weighted by Crippen LogP contribution is -2.32. The highest BCUT2D eigenvalue weighted by atomic mass is 16.5. The third-order valence-corrected chi connectivity index (χ3v) is 4.09. The molecular formula is C18H20O5. The number of rotatable bonds is 4. The van der Waals surface area contributed by atoms with Crippen LogP contribution in [-0.2, 0) is 0 Å². The number of fused-ring (bicyclic) bond motifs is 1. The Kier molecular flexibility index (Phi) is 4.30. The fourth-order valence-corrected chi connectivity index (χ4v) is 3.08. The predicted octanol–water partition coefficient (Wildman–Crippen LogP) is 2.60. The second kappa shape index (κ2) is 6.38. The van der Waals surface area contributed by atoms with Gasteiger partial charge in [-0.3, -0.25) is 0 Å². The highest BCUT2D eigenvalue weighted by molar-refractivity contribution is 5.65. The lowest BCUT2D eigenvalue weighted by molar-refractivity contribution is 0.0751. The molecule has 0 bridgehead atoms. The van der Waals surface area contributed by atoms with Gasteiger partial charge in [-0.2, -0.15) is 0 Å². The molecule has 5 nitrogen and oxygen atoms in total. The van der Waals surface area contributed by atoms with Gasteiger partial charge in [-0.15, -0.1) is 0 Å². The predicted molar refractivity (Wildman–Crippen MR) is 85.9 cm³/mol. The molecule has 0 aromatic heterocycles. The SMILES string of the molecule is COc1cc2c(c(OC)c1OC)[C@@H](c1ccccc1)[C@H](O)CO2. The van der Waals surface area contributed by atoms with Crippen LogP contribution in [0.15, 0.2) is 36.4 Å². The van der Waals surface area contributed by atoms with Crippen LogP contribution in [-0.4, -0.2) is 39.1 Å². The van der Waals surface area contributed by atoms with Gasteiger partial charge in [0.15, 0.2) is 11.5 Å². The first-order valence-corrected chi connectivity index (χ1v) is 7.40. The Bertz CT molecular complexity index is 684. The van der Waals surface area contributed by atoms with Gasteiger partial charge in [0.2, 0.25) is 5.75 Å². The van der Waals surface area contributed by atoms with Gasteiger partial charge in [0.25, 0.3) is 0 Å². The molecule has 0 spiro atoms. The van der Waals surface area contributed by atoms with Crippen molar-refractivity contribution in [3.05, 3.63) is 47.5 Å². The van der Waals surface area contributed by atoms with E-state index in [1.807, 2.05) is 30.3 Å². The molecule has 122 valence electrons. The molecular weight excluding hydrogens is 296 g/mol. The molecule has 5 heteroatoms. The van der Waals surface area contributed by atoms with Crippen LogP contribution >= 0.6 is 0 Å². The van der Waals surface area contributed by atoms with Crippen molar-refractivity contribution < 1.29 is 24.1 Å². The molecule has 2 atom stereocenters. The first-order chi connectivity index (χ1) is 11.2. The lowest BCUT2D eigenvalue weighted by Gasteiger charge is -2.33. The summed E-state index contributed by atoms with van der Waals surface area (Å²) in [6.45, 7) is 0.213. The molecule has 1 aliphatic heterocycles. The van der Waals surface area contributed by atoms with E-state index in [4.69, 9.17) is 18.9 Å². The van der Waals surface area contributed by atoms with Gasteiger partial charge in [-0.05, 0) is 5.56 Å². The molecule has 1 heterocycles. The van der Waals surface area contributed by atoms with Crippen LogP contribution < -0.4 is 18.9 Å². The Morgan fingerprint density at radius 1 is 1.00 bits per heavy atom. The Morgan fingerprint density at radius 2 is 1.70 bits per heavy atom. The average Bonchev–Trinajstić information content (AvgIpc) is 2.60. The number of aliphatic hydroxyl groups excluding tert-OH is 1. The molecule has 0 unspecified atom stereocenters. The zero-order valence-corrected chi connectivity index (χ0v) is 13.4. The summed E-state index contributed by atoms with van der Waals surface area (Å²) >= 11 is 0. The van der Waals surface area contributed by atoms with E-state index >= 15 is 0 Å². The molecule has 0 saturated heterocycles. The molecule has 2 aromatic rings. The van der Waals surface area contributed by atoms with Crippen molar-refractivity contribution in [2.75, 3.05) is 27.9 Å². The number of ether oxygens (including phenoxy) is 4. The highest BCUT2D eigenvalue weighted by Gasteiger charge is 2.36. The third-order valence-electron chi connectivity index (χ3n) is 4.09. The maximum absolute atomic E-state index is 10.5. The summed E-state index contributed by atoms with van der Waals surface area (Å²) < 4.78 is 22.1. The van der Waals surface area contributed by atoms with Gasteiger partial charge in [0, 0.05) is 12.0 Å². The van der Waals surface area contributed by atoms with Gasteiger partial charge >= 0.3 is 0 Å². The summed E-state index contributed by atoms with van der Waals surface area (Å²) in [5.41, 5.74) is 1.77. The number of aliphatic hydroxyl groups is 1. The maximum atomic E-state index is 10.5. The van der Waals surface area contributed by atoms with Gasteiger partial charge in [0.1, 0.15) is 12.4 Å². The molecule has 0 amide bonds. The maximum Gasteiger partial charge on any atom is 0.203 e. The Labute approximate surface area is 135 Å². The molecule has 23 heavy (non-hydrogen) atoms. The minimum atomic E-state index is -0.670. The largest absolute Gasteiger partial charge is 0.493 e. The van der Waals surface area contributed by atoms with Gasteiger partial charge in [0.05, 0.1) is 33.0 Å². The summed E-state index contributed by atoms with van der Waals surface area (Å²) in [6.07, 6.45) is -0.670. The Hall–Kier alpha value is -2.40. The van der Waals surface area contributed by atoms with Crippen molar-refractivity contribution >= 4 is 0 Å². The minimum Gasteiger partial charge on any atom is -0.493 e. The molecule has 2 aromatic carbocycles. The highest BCUT2D eigenvalue weighted by Crippen LogP contribution is 2.51. The normalized spacial score (nSPS) is 19.5. The second-order valence-electron chi connectivity index (χ2n) is 5.32. The van der Waals surface area contributed by atoms with E-state index in [0.29, 0.717) is 23.0 Å². The second-order valence-corrected chi connectivity index (χ2v) is 5.32. The first-order valence-electron chi connectivity index (χ1n) is 7.40. The molecule has 1 N–H and O–H groups in total. The van der Waals surface area contributed by atoms with Gasteiger partial charge in [-0.25, -0.2) is 0 Å². The number of hydrogen-bond acceptors (Lipinski definition) is 5. The van der Waals surface area contributed by atoms with Crippen molar-refractivity contribution in [3.63, 3.8) is 0 Å². The van der Waals surface area contributed by atoms with Crippen molar-refractivity contribution in [2.45, 2.75) is 12.0 Å². The van der Waals surface area contributed by atoms with Crippen LogP contribution in [0.1, 0.15) is 17.0 Å². The first kappa shape index (κ1) is 15.5. The third kappa shape index (κ3) is 2.57. The van der Waals surface area contributed by atoms with Crippen molar-refractivity contribution in [1.82, 2.24) is 0 Å². The molecule has 0 saturated carbocycles. The number of hydrogen-bond donors (Lipinski definition) is 1. The summed E-state index contributed by atoms with van der Waals surface area (Å²) in [5, 5.41) is 10.5. The van der Waals surface area contributed by atoms with E-state index in [9.17, 15) is 5.11 Å². The minimum absolute atomic E-state index is 0.213. The fraction of sp³-hybridized carbons (Fsp3) is 0.333. The summed E-state index contributed by atoms with van der Waals surface area (Å²) in [5.74, 6) is 1.93. The zero-order chi connectivity index (χ0) is 16.4.